The number of aryl methyl sites for hydroxylation is 1. The quantitative estimate of drug-likeness (QED) is 0.765. The number of carbonyl (C=O) groups is 1. The molecule has 1 heterocycles. The molecule has 0 saturated carbocycles. The van der Waals surface area contributed by atoms with Gasteiger partial charge >= 0.3 is 5.97 Å². The molecule has 1 aromatic carbocycles. The van der Waals surface area contributed by atoms with E-state index < -0.39 is 12.1 Å². The van der Waals surface area contributed by atoms with Crippen LogP contribution in [-0.2, 0) is 6.54 Å². The zero-order chi connectivity index (χ0) is 16.4. The van der Waals surface area contributed by atoms with Gasteiger partial charge in [-0.15, -0.1) is 0 Å². The number of aliphatic hydroxyl groups excluding tert-OH is 1. The van der Waals surface area contributed by atoms with Crippen LogP contribution in [0.4, 0.5) is 0 Å². The molecular weight excluding hydrogens is 280 g/mol. The summed E-state index contributed by atoms with van der Waals surface area (Å²) in [6, 6.07) is 3.39. The van der Waals surface area contributed by atoms with Crippen LogP contribution in [0.5, 0.6) is 0 Å². The normalized spacial score (nSPS) is 13.0. The van der Waals surface area contributed by atoms with Crippen molar-refractivity contribution in [1.29, 1.82) is 0 Å². The largest absolute Gasteiger partial charge is 0.478 e. The van der Waals surface area contributed by atoms with Crippen molar-refractivity contribution in [3.05, 3.63) is 35.0 Å². The van der Waals surface area contributed by atoms with Crippen LogP contribution in [0.25, 0.3) is 10.9 Å². The van der Waals surface area contributed by atoms with E-state index in [2.05, 4.69) is 4.57 Å². The van der Waals surface area contributed by atoms with Gasteiger partial charge in [0.15, 0.2) is 0 Å². The topological polar surface area (TPSA) is 88.5 Å². The van der Waals surface area contributed by atoms with Crippen LogP contribution in [0.3, 0.4) is 0 Å². The number of rotatable bonds is 6. The first-order chi connectivity index (χ1) is 10.4. The van der Waals surface area contributed by atoms with Crippen LogP contribution in [0.1, 0.15) is 60.7 Å². The van der Waals surface area contributed by atoms with Gasteiger partial charge in [-0.1, -0.05) is 13.8 Å². The van der Waals surface area contributed by atoms with Crippen LogP contribution in [-0.4, -0.2) is 27.3 Å². The Bertz CT molecular complexity index is 687. The van der Waals surface area contributed by atoms with E-state index >= 15 is 0 Å². The van der Waals surface area contributed by atoms with E-state index in [0.29, 0.717) is 6.54 Å². The van der Waals surface area contributed by atoms with Gasteiger partial charge < -0.3 is 20.5 Å². The van der Waals surface area contributed by atoms with Crippen LogP contribution < -0.4 is 5.73 Å². The summed E-state index contributed by atoms with van der Waals surface area (Å²) in [4.78, 5) is 11.4. The molecule has 2 aromatic rings. The van der Waals surface area contributed by atoms with Crippen molar-refractivity contribution in [2.45, 2.75) is 45.8 Å². The minimum atomic E-state index is -0.949. The van der Waals surface area contributed by atoms with E-state index in [0.717, 1.165) is 35.0 Å². The molecule has 0 amide bonds. The molecule has 0 radical (unpaired) electrons. The maximum atomic E-state index is 11.4. The highest BCUT2D eigenvalue weighted by Crippen LogP contribution is 2.34. The molecule has 1 unspecified atom stereocenters. The molecule has 2 rings (SSSR count). The van der Waals surface area contributed by atoms with Gasteiger partial charge in [-0.3, -0.25) is 0 Å². The number of benzene rings is 1. The predicted octanol–water partition coefficient (Wildman–Crippen LogP) is 2.87. The van der Waals surface area contributed by atoms with Crippen molar-refractivity contribution in [2.24, 2.45) is 5.73 Å². The van der Waals surface area contributed by atoms with Gasteiger partial charge in [-0.2, -0.15) is 0 Å². The summed E-state index contributed by atoms with van der Waals surface area (Å²) in [7, 11) is 0. The summed E-state index contributed by atoms with van der Waals surface area (Å²) in [5.74, 6) is -0.759. The molecule has 1 atom stereocenters. The van der Waals surface area contributed by atoms with E-state index in [1.54, 1.807) is 19.1 Å². The van der Waals surface area contributed by atoms with Crippen LogP contribution >= 0.6 is 0 Å². The number of aliphatic hydroxyl groups is 1. The van der Waals surface area contributed by atoms with Crippen LogP contribution in [0.15, 0.2) is 18.3 Å². The van der Waals surface area contributed by atoms with Gasteiger partial charge in [-0.05, 0) is 43.5 Å². The monoisotopic (exact) mass is 304 g/mol. The van der Waals surface area contributed by atoms with Crippen molar-refractivity contribution in [2.75, 3.05) is 6.54 Å². The van der Waals surface area contributed by atoms with Crippen molar-refractivity contribution < 1.29 is 15.0 Å². The summed E-state index contributed by atoms with van der Waals surface area (Å²) in [6.07, 6.45) is 2.11. The van der Waals surface area contributed by atoms with Crippen molar-refractivity contribution in [3.63, 3.8) is 0 Å². The second-order valence-corrected chi connectivity index (χ2v) is 6.02. The second-order valence-electron chi connectivity index (χ2n) is 6.02. The average molecular weight is 304 g/mol. The minimum Gasteiger partial charge on any atom is -0.478 e. The number of aromatic nitrogens is 1. The summed E-state index contributed by atoms with van der Waals surface area (Å²) < 4.78 is 2.09. The predicted molar refractivity (Wildman–Crippen MR) is 87.3 cm³/mol. The third-order valence-corrected chi connectivity index (χ3v) is 3.95. The molecule has 1 aromatic heterocycles. The van der Waals surface area contributed by atoms with E-state index in [1.807, 2.05) is 20.0 Å². The molecule has 5 heteroatoms. The Kier molecular flexibility index (Phi) is 4.88. The molecule has 120 valence electrons. The van der Waals surface area contributed by atoms with E-state index in [1.165, 1.54) is 0 Å². The lowest BCUT2D eigenvalue weighted by atomic mass is 9.95. The number of fused-ring (bicyclic) bond motifs is 1. The highest BCUT2D eigenvalue weighted by molar-refractivity contribution is 5.97. The first-order valence-electron chi connectivity index (χ1n) is 7.64. The molecule has 22 heavy (non-hydrogen) atoms. The Morgan fingerprint density at radius 1 is 1.27 bits per heavy atom. The average Bonchev–Trinajstić information content (AvgIpc) is 2.82. The third kappa shape index (κ3) is 3.00. The lowest BCUT2D eigenvalue weighted by Gasteiger charge is -2.13. The standard InChI is InChI=1S/C17H24N2O3/c1-10(2)13-7-12(17(21)22)8-14-15(11(3)20)9-19(16(13)14)6-4-5-18/h7-11,20H,4-6,18H2,1-3H3,(H,21,22). The Balaban J connectivity index is 2.79. The molecule has 0 spiro atoms. The molecule has 0 aliphatic rings. The fraction of sp³-hybridized carbons (Fsp3) is 0.471. The second kappa shape index (κ2) is 6.50. The highest BCUT2D eigenvalue weighted by atomic mass is 16.4. The van der Waals surface area contributed by atoms with E-state index in [-0.39, 0.29) is 11.5 Å². The maximum Gasteiger partial charge on any atom is 0.335 e. The number of hydrogen-bond acceptors (Lipinski definition) is 3. The number of carboxylic acid groups (broad SMARTS) is 1. The number of carboxylic acids is 1. The van der Waals surface area contributed by atoms with Crippen LogP contribution in [0, 0.1) is 0 Å². The van der Waals surface area contributed by atoms with Gasteiger partial charge in [0.05, 0.1) is 17.2 Å². The van der Waals surface area contributed by atoms with Gasteiger partial charge in [0.1, 0.15) is 0 Å². The fourth-order valence-electron chi connectivity index (χ4n) is 2.83. The minimum absolute atomic E-state index is 0.190. The smallest absolute Gasteiger partial charge is 0.335 e. The first-order valence-corrected chi connectivity index (χ1v) is 7.64. The SMILES string of the molecule is CC(C)c1cc(C(=O)O)cc2c(C(C)O)cn(CCCN)c12. The molecule has 5 nitrogen and oxygen atoms in total. The van der Waals surface area contributed by atoms with Gasteiger partial charge in [0.25, 0.3) is 0 Å². The van der Waals surface area contributed by atoms with Crippen molar-refractivity contribution in [1.82, 2.24) is 4.57 Å². The number of aromatic carboxylic acids is 1. The van der Waals surface area contributed by atoms with E-state index in [9.17, 15) is 15.0 Å². The Labute approximate surface area is 130 Å². The molecule has 0 aliphatic heterocycles. The highest BCUT2D eigenvalue weighted by Gasteiger charge is 2.19. The fourth-order valence-corrected chi connectivity index (χ4v) is 2.83. The Morgan fingerprint density at radius 2 is 1.95 bits per heavy atom. The Hall–Kier alpha value is -1.85. The molecule has 4 N–H and O–H groups in total. The number of nitrogens with zero attached hydrogens (tertiary/aromatic N) is 1. The number of hydrogen-bond donors (Lipinski definition) is 3. The van der Waals surface area contributed by atoms with E-state index in [4.69, 9.17) is 5.73 Å². The molecular formula is C17H24N2O3. The summed E-state index contributed by atoms with van der Waals surface area (Å²) in [5.41, 5.74) is 8.62. The summed E-state index contributed by atoms with van der Waals surface area (Å²) >= 11 is 0. The van der Waals surface area contributed by atoms with Gasteiger partial charge in [0, 0.05) is 23.7 Å². The maximum absolute atomic E-state index is 11.4. The van der Waals surface area contributed by atoms with Crippen molar-refractivity contribution >= 4 is 16.9 Å². The molecule has 0 saturated heterocycles. The zero-order valence-corrected chi connectivity index (χ0v) is 13.3. The lowest BCUT2D eigenvalue weighted by Crippen LogP contribution is -2.07. The summed E-state index contributed by atoms with van der Waals surface area (Å²) in [6.45, 7) is 7.13. The molecule has 0 fully saturated rings. The third-order valence-electron chi connectivity index (χ3n) is 3.95. The van der Waals surface area contributed by atoms with Crippen LogP contribution in [0.2, 0.25) is 0 Å². The lowest BCUT2D eigenvalue weighted by molar-refractivity contribution is 0.0697. The number of nitrogens with two attached hydrogens (primary N) is 1. The zero-order valence-electron chi connectivity index (χ0n) is 13.3. The van der Waals surface area contributed by atoms with Gasteiger partial charge in [0.2, 0.25) is 0 Å². The summed E-state index contributed by atoms with van der Waals surface area (Å²) in [5, 5.41) is 20.2. The Morgan fingerprint density at radius 3 is 2.45 bits per heavy atom. The van der Waals surface area contributed by atoms with Gasteiger partial charge in [-0.25, -0.2) is 4.79 Å². The molecule has 0 aliphatic carbocycles. The first kappa shape index (κ1) is 16.5. The molecule has 0 bridgehead atoms. The van der Waals surface area contributed by atoms with Crippen molar-refractivity contribution in [3.8, 4) is 0 Å².